The van der Waals surface area contributed by atoms with Crippen molar-refractivity contribution >= 4 is 35.0 Å². The largest absolute Gasteiger partial charge is 0.434 e. The molecule has 4 rings (SSSR count). The maximum absolute atomic E-state index is 13.2. The van der Waals surface area contributed by atoms with Crippen molar-refractivity contribution in [3.8, 4) is 6.07 Å². The number of aromatic nitrogens is 3. The van der Waals surface area contributed by atoms with Gasteiger partial charge in [0.1, 0.15) is 10.8 Å². The van der Waals surface area contributed by atoms with Gasteiger partial charge in [-0.25, -0.2) is 15.0 Å². The van der Waals surface area contributed by atoms with Gasteiger partial charge in [0.25, 0.3) is 0 Å². The van der Waals surface area contributed by atoms with Crippen LogP contribution in [-0.2, 0) is 6.18 Å². The van der Waals surface area contributed by atoms with E-state index >= 15 is 0 Å². The monoisotopic (exact) mass is 499 g/mol. The number of guanidine groups is 1. The van der Waals surface area contributed by atoms with Gasteiger partial charge in [-0.05, 0) is 36.4 Å². The molecule has 0 amide bonds. The second-order valence-corrected chi connectivity index (χ2v) is 8.50. The van der Waals surface area contributed by atoms with Gasteiger partial charge in [-0.1, -0.05) is 11.8 Å². The average Bonchev–Trinajstić information content (AvgIpc) is 2.85. The van der Waals surface area contributed by atoms with E-state index in [2.05, 4.69) is 26.0 Å². The predicted molar refractivity (Wildman–Crippen MR) is 126 cm³/mol. The molecule has 180 valence electrons. The van der Waals surface area contributed by atoms with Crippen molar-refractivity contribution in [2.75, 3.05) is 36.8 Å². The Hall–Kier alpha value is -4.05. The lowest BCUT2D eigenvalue weighted by atomic mass is 10.2. The van der Waals surface area contributed by atoms with Gasteiger partial charge < -0.3 is 21.3 Å². The Labute approximate surface area is 203 Å². The quantitative estimate of drug-likeness (QED) is 0.410. The summed E-state index contributed by atoms with van der Waals surface area (Å²) in [6.45, 7) is 2.30. The van der Waals surface area contributed by atoms with Gasteiger partial charge >= 0.3 is 6.18 Å². The number of hydrogen-bond donors (Lipinski definition) is 2. The first-order valence-electron chi connectivity index (χ1n) is 10.4. The molecule has 0 spiro atoms. The molecule has 1 aromatic carbocycles. The van der Waals surface area contributed by atoms with Crippen LogP contribution in [0.15, 0.2) is 63.7 Å². The Kier molecular flexibility index (Phi) is 6.92. The second kappa shape index (κ2) is 10.1. The molecule has 1 fully saturated rings. The number of hydrogen-bond acceptors (Lipinski definition) is 8. The third kappa shape index (κ3) is 5.72. The van der Waals surface area contributed by atoms with Crippen molar-refractivity contribution in [1.82, 2.24) is 19.9 Å². The number of halogens is 3. The van der Waals surface area contributed by atoms with Crippen LogP contribution in [0.1, 0.15) is 11.3 Å². The van der Waals surface area contributed by atoms with Crippen LogP contribution in [0.4, 0.5) is 30.5 Å². The summed E-state index contributed by atoms with van der Waals surface area (Å²) in [7, 11) is 0. The molecule has 3 heterocycles. The van der Waals surface area contributed by atoms with Crippen LogP contribution in [-0.4, -0.2) is 52.0 Å². The molecule has 0 radical (unpaired) electrons. The Balaban J connectivity index is 1.40. The van der Waals surface area contributed by atoms with Gasteiger partial charge in [0.2, 0.25) is 0 Å². The van der Waals surface area contributed by atoms with Gasteiger partial charge in [0.15, 0.2) is 17.5 Å². The lowest BCUT2D eigenvalue weighted by molar-refractivity contribution is -0.143. The van der Waals surface area contributed by atoms with Crippen LogP contribution in [0.25, 0.3) is 0 Å². The van der Waals surface area contributed by atoms with Crippen LogP contribution in [0.2, 0.25) is 0 Å². The van der Waals surface area contributed by atoms with E-state index in [0.717, 1.165) is 18.0 Å². The Bertz CT molecular complexity index is 1260. The Morgan fingerprint density at radius 2 is 1.80 bits per heavy atom. The summed E-state index contributed by atoms with van der Waals surface area (Å²) in [5.74, 6) is 0.925. The molecule has 1 aliphatic rings. The van der Waals surface area contributed by atoms with E-state index in [-0.39, 0.29) is 15.7 Å². The zero-order valence-electron chi connectivity index (χ0n) is 18.3. The normalized spacial score (nSPS) is 14.6. The van der Waals surface area contributed by atoms with Crippen molar-refractivity contribution in [2.24, 2.45) is 10.7 Å². The number of nitriles is 1. The van der Waals surface area contributed by atoms with E-state index in [1.165, 1.54) is 18.3 Å². The highest BCUT2D eigenvalue weighted by Crippen LogP contribution is 2.38. The number of nitrogens with zero attached hydrogens (tertiary/aromatic N) is 7. The summed E-state index contributed by atoms with van der Waals surface area (Å²) < 4.78 is 39.7. The molecule has 0 bridgehead atoms. The molecule has 9 nitrogen and oxygen atoms in total. The molecule has 0 atom stereocenters. The first-order valence-corrected chi connectivity index (χ1v) is 11.2. The molecule has 0 aliphatic carbocycles. The molecular weight excluding hydrogens is 479 g/mol. The highest BCUT2D eigenvalue weighted by molar-refractivity contribution is 7.99. The fourth-order valence-electron chi connectivity index (χ4n) is 3.38. The Morgan fingerprint density at radius 1 is 1.09 bits per heavy atom. The number of benzene rings is 1. The molecule has 2 aromatic heterocycles. The summed E-state index contributed by atoms with van der Waals surface area (Å²) in [5.41, 5.74) is 12.4. The number of rotatable bonds is 4. The van der Waals surface area contributed by atoms with Crippen molar-refractivity contribution in [3.63, 3.8) is 0 Å². The molecule has 35 heavy (non-hydrogen) atoms. The highest BCUT2D eigenvalue weighted by Gasteiger charge is 2.35. The van der Waals surface area contributed by atoms with Crippen LogP contribution in [0.5, 0.6) is 0 Å². The average molecular weight is 500 g/mol. The van der Waals surface area contributed by atoms with Crippen LogP contribution in [0, 0.1) is 11.3 Å². The van der Waals surface area contributed by atoms with Crippen LogP contribution < -0.4 is 16.4 Å². The van der Waals surface area contributed by atoms with Gasteiger partial charge in [-0.3, -0.25) is 4.98 Å². The SMILES string of the molecule is N#Cc1ccc(N=C(N)N2CCN(c3cnc(Sc4cccnc4C(F)(F)F)c(N)n3)CC2)cc1. The number of piperazine rings is 1. The molecule has 0 unspecified atom stereocenters. The third-order valence-electron chi connectivity index (χ3n) is 5.16. The maximum Gasteiger partial charge on any atom is 0.434 e. The van der Waals surface area contributed by atoms with E-state index in [1.807, 2.05) is 9.80 Å². The van der Waals surface area contributed by atoms with Gasteiger partial charge in [0.05, 0.1) is 23.5 Å². The summed E-state index contributed by atoms with van der Waals surface area (Å²) in [5, 5.41) is 9.06. The highest BCUT2D eigenvalue weighted by atomic mass is 32.2. The van der Waals surface area contributed by atoms with Gasteiger partial charge in [-0.2, -0.15) is 18.4 Å². The van der Waals surface area contributed by atoms with Crippen LogP contribution in [0.3, 0.4) is 0 Å². The fourth-order valence-corrected chi connectivity index (χ4v) is 4.26. The molecule has 4 N–H and O–H groups in total. The number of alkyl halides is 3. The van der Waals surface area contributed by atoms with Crippen molar-refractivity contribution < 1.29 is 13.2 Å². The second-order valence-electron chi connectivity index (χ2n) is 7.47. The number of nitrogens with two attached hydrogens (primary N) is 2. The van der Waals surface area contributed by atoms with E-state index in [0.29, 0.717) is 49.2 Å². The molecule has 3 aromatic rings. The summed E-state index contributed by atoms with van der Waals surface area (Å²) in [4.78, 5) is 20.2. The smallest absolute Gasteiger partial charge is 0.381 e. The molecule has 13 heteroatoms. The minimum absolute atomic E-state index is 0.0359. The zero-order valence-corrected chi connectivity index (χ0v) is 19.1. The lowest BCUT2D eigenvalue weighted by Crippen LogP contribution is -2.51. The zero-order chi connectivity index (χ0) is 25.0. The lowest BCUT2D eigenvalue weighted by Gasteiger charge is -2.35. The topological polar surface area (TPSA) is 133 Å². The first kappa shape index (κ1) is 24.1. The summed E-state index contributed by atoms with van der Waals surface area (Å²) in [6, 6.07) is 11.6. The molecule has 1 saturated heterocycles. The van der Waals surface area contributed by atoms with E-state index in [9.17, 15) is 13.2 Å². The van der Waals surface area contributed by atoms with E-state index < -0.39 is 11.9 Å². The van der Waals surface area contributed by atoms with E-state index in [1.54, 1.807) is 24.3 Å². The molecule has 1 aliphatic heterocycles. The minimum atomic E-state index is -4.59. The Morgan fingerprint density at radius 3 is 2.43 bits per heavy atom. The fraction of sp³-hybridized carbons (Fsp3) is 0.227. The third-order valence-corrected chi connectivity index (χ3v) is 6.22. The first-order chi connectivity index (χ1) is 16.7. The van der Waals surface area contributed by atoms with Crippen LogP contribution >= 0.6 is 11.8 Å². The number of pyridine rings is 1. The summed E-state index contributed by atoms with van der Waals surface area (Å²) in [6.07, 6.45) is -2.00. The maximum atomic E-state index is 13.2. The van der Waals surface area contributed by atoms with Crippen molar-refractivity contribution in [1.29, 1.82) is 5.26 Å². The molecular formula is C22H20F3N9S. The summed E-state index contributed by atoms with van der Waals surface area (Å²) >= 11 is 0.773. The number of aliphatic imine (C=N–C) groups is 1. The van der Waals surface area contributed by atoms with Crippen molar-refractivity contribution in [2.45, 2.75) is 16.1 Å². The molecule has 0 saturated carbocycles. The standard InChI is InChI=1S/C22H20F3N9S/c23-22(24,25)18-16(2-1-7-29-18)35-20-19(27)32-17(13-30-20)33-8-10-34(11-9-33)21(28)31-15-5-3-14(12-26)4-6-15/h1-7,13H,8-11H2,(H2,27,32)(H2,28,31). The van der Waals surface area contributed by atoms with Crippen molar-refractivity contribution in [3.05, 3.63) is 60.0 Å². The minimum Gasteiger partial charge on any atom is -0.381 e. The van der Waals surface area contributed by atoms with Gasteiger partial charge in [-0.15, -0.1) is 0 Å². The number of nitrogen functional groups attached to an aromatic ring is 1. The van der Waals surface area contributed by atoms with Gasteiger partial charge in [0, 0.05) is 37.3 Å². The van der Waals surface area contributed by atoms with E-state index in [4.69, 9.17) is 16.7 Å². The number of anilines is 2. The predicted octanol–water partition coefficient (Wildman–Crippen LogP) is 3.26.